The van der Waals surface area contributed by atoms with Gasteiger partial charge < -0.3 is 10.6 Å². The Morgan fingerprint density at radius 2 is 2.21 bits per heavy atom. The van der Waals surface area contributed by atoms with Crippen LogP contribution in [-0.2, 0) is 16.0 Å². The van der Waals surface area contributed by atoms with E-state index in [4.69, 9.17) is 0 Å². The molecule has 0 bridgehead atoms. The van der Waals surface area contributed by atoms with E-state index in [0.717, 1.165) is 30.4 Å². The molecule has 130 valence electrons. The Kier molecular flexibility index (Phi) is 4.88. The Morgan fingerprint density at radius 3 is 2.96 bits per heavy atom. The summed E-state index contributed by atoms with van der Waals surface area (Å²) >= 11 is 0. The fourth-order valence-corrected chi connectivity index (χ4v) is 3.95. The van der Waals surface area contributed by atoms with Gasteiger partial charge in [-0.1, -0.05) is 19.9 Å². The van der Waals surface area contributed by atoms with E-state index in [1.165, 1.54) is 6.07 Å². The van der Waals surface area contributed by atoms with Gasteiger partial charge in [0, 0.05) is 18.4 Å². The number of aryl methyl sites for hydroxylation is 1. The summed E-state index contributed by atoms with van der Waals surface area (Å²) in [6, 6.07) is 4.76. The minimum absolute atomic E-state index is 0.0408. The lowest BCUT2D eigenvalue weighted by molar-refractivity contribution is -0.134. The number of rotatable bonds is 4. The Labute approximate surface area is 142 Å². The van der Waals surface area contributed by atoms with Crippen molar-refractivity contribution in [1.29, 1.82) is 0 Å². The Morgan fingerprint density at radius 1 is 1.42 bits per heavy atom. The lowest BCUT2D eigenvalue weighted by Gasteiger charge is -2.31. The summed E-state index contributed by atoms with van der Waals surface area (Å²) in [6.07, 6.45) is 3.40. The zero-order valence-electron chi connectivity index (χ0n) is 14.3. The van der Waals surface area contributed by atoms with Crippen LogP contribution in [0.5, 0.6) is 0 Å². The molecule has 0 aromatic heterocycles. The zero-order chi connectivity index (χ0) is 17.3. The van der Waals surface area contributed by atoms with E-state index in [9.17, 15) is 14.0 Å². The van der Waals surface area contributed by atoms with E-state index in [1.807, 2.05) is 0 Å². The van der Waals surface area contributed by atoms with Gasteiger partial charge in [0.2, 0.25) is 11.8 Å². The number of hydrogen-bond acceptors (Lipinski definition) is 2. The van der Waals surface area contributed by atoms with Crippen LogP contribution in [0.3, 0.4) is 0 Å². The number of halogens is 1. The number of hydrogen-bond donors (Lipinski definition) is 2. The molecule has 0 radical (unpaired) electrons. The van der Waals surface area contributed by atoms with Gasteiger partial charge in [-0.05, 0) is 54.9 Å². The molecule has 1 aromatic carbocycles. The molecule has 1 fully saturated rings. The van der Waals surface area contributed by atoms with Crippen molar-refractivity contribution in [2.75, 3.05) is 0 Å². The third-order valence-electron chi connectivity index (χ3n) is 4.99. The van der Waals surface area contributed by atoms with E-state index in [0.29, 0.717) is 12.3 Å². The van der Waals surface area contributed by atoms with Crippen molar-refractivity contribution in [3.63, 3.8) is 0 Å². The van der Waals surface area contributed by atoms with Crippen LogP contribution in [0.2, 0.25) is 0 Å². The molecular weight excluding hydrogens is 307 g/mol. The first-order valence-electron chi connectivity index (χ1n) is 8.80. The van der Waals surface area contributed by atoms with E-state index in [-0.39, 0.29) is 42.1 Å². The van der Waals surface area contributed by atoms with Crippen LogP contribution in [0.4, 0.5) is 4.39 Å². The number of benzene rings is 1. The van der Waals surface area contributed by atoms with Crippen molar-refractivity contribution in [3.8, 4) is 0 Å². The van der Waals surface area contributed by atoms with Gasteiger partial charge >= 0.3 is 0 Å². The van der Waals surface area contributed by atoms with Crippen LogP contribution < -0.4 is 10.6 Å². The molecule has 1 heterocycles. The SMILES string of the molecule is CC(C)C[C@@H]1C[C@H](C(=O)N[C@H]2CCc3cc(F)ccc32)CC(=O)N1. The van der Waals surface area contributed by atoms with Crippen molar-refractivity contribution in [2.45, 2.75) is 58.0 Å². The zero-order valence-corrected chi connectivity index (χ0v) is 14.3. The molecule has 0 spiro atoms. The Bertz CT molecular complexity index is 644. The number of carbonyl (C=O) groups is 2. The first-order valence-corrected chi connectivity index (χ1v) is 8.80. The second kappa shape index (κ2) is 6.91. The number of fused-ring (bicyclic) bond motifs is 1. The molecule has 0 unspecified atom stereocenters. The molecule has 3 rings (SSSR count). The predicted octanol–water partition coefficient (Wildman–Crippen LogP) is 2.87. The van der Waals surface area contributed by atoms with Gasteiger partial charge in [0.25, 0.3) is 0 Å². The summed E-state index contributed by atoms with van der Waals surface area (Å²) < 4.78 is 13.3. The summed E-state index contributed by atoms with van der Waals surface area (Å²) in [5.74, 6) is -0.122. The van der Waals surface area contributed by atoms with Crippen LogP contribution in [0.1, 0.15) is 56.7 Å². The standard InChI is InChI=1S/C19H25FN2O2/c1-11(2)7-15-9-13(10-18(23)21-15)19(24)22-17-6-3-12-8-14(20)4-5-16(12)17/h4-5,8,11,13,15,17H,3,6-7,9-10H2,1-2H3,(H,21,23)(H,22,24)/t13-,15+,17-/m0/s1. The van der Waals surface area contributed by atoms with Crippen molar-refractivity contribution in [1.82, 2.24) is 10.6 Å². The van der Waals surface area contributed by atoms with E-state index < -0.39 is 0 Å². The summed E-state index contributed by atoms with van der Waals surface area (Å²) in [7, 11) is 0. The third-order valence-corrected chi connectivity index (χ3v) is 4.99. The molecule has 3 atom stereocenters. The van der Waals surface area contributed by atoms with Crippen molar-refractivity contribution < 1.29 is 14.0 Å². The highest BCUT2D eigenvalue weighted by Gasteiger charge is 2.33. The number of carbonyl (C=O) groups excluding carboxylic acids is 2. The third kappa shape index (κ3) is 3.77. The fourth-order valence-electron chi connectivity index (χ4n) is 3.95. The number of nitrogens with one attached hydrogen (secondary N) is 2. The van der Waals surface area contributed by atoms with Gasteiger partial charge in [-0.15, -0.1) is 0 Å². The molecule has 1 aromatic rings. The monoisotopic (exact) mass is 332 g/mol. The smallest absolute Gasteiger partial charge is 0.224 e. The minimum atomic E-state index is -0.271. The molecule has 1 aliphatic carbocycles. The summed E-state index contributed by atoms with van der Waals surface area (Å²) in [5, 5.41) is 6.06. The number of piperidine rings is 1. The van der Waals surface area contributed by atoms with E-state index in [1.54, 1.807) is 12.1 Å². The van der Waals surface area contributed by atoms with Crippen LogP contribution in [-0.4, -0.2) is 17.9 Å². The Balaban J connectivity index is 1.64. The normalized spacial score (nSPS) is 26.2. The van der Waals surface area contributed by atoms with Gasteiger partial charge in [0.05, 0.1) is 6.04 Å². The molecule has 1 saturated heterocycles. The average Bonchev–Trinajstić information content (AvgIpc) is 2.88. The van der Waals surface area contributed by atoms with E-state index >= 15 is 0 Å². The van der Waals surface area contributed by atoms with Crippen molar-refractivity contribution >= 4 is 11.8 Å². The maximum absolute atomic E-state index is 13.3. The molecule has 5 heteroatoms. The van der Waals surface area contributed by atoms with Crippen LogP contribution in [0.15, 0.2) is 18.2 Å². The summed E-state index contributed by atoms with van der Waals surface area (Å²) in [4.78, 5) is 24.6. The van der Waals surface area contributed by atoms with Crippen LogP contribution in [0.25, 0.3) is 0 Å². The maximum atomic E-state index is 13.3. The molecule has 2 amide bonds. The predicted molar refractivity (Wildman–Crippen MR) is 89.7 cm³/mol. The molecule has 1 aliphatic heterocycles. The largest absolute Gasteiger partial charge is 0.353 e. The van der Waals surface area contributed by atoms with Crippen molar-refractivity contribution in [2.24, 2.45) is 11.8 Å². The molecular formula is C19H25FN2O2. The van der Waals surface area contributed by atoms with Gasteiger partial charge in [-0.2, -0.15) is 0 Å². The quantitative estimate of drug-likeness (QED) is 0.891. The second-order valence-electron chi connectivity index (χ2n) is 7.47. The lowest BCUT2D eigenvalue weighted by atomic mass is 9.87. The number of amides is 2. The van der Waals surface area contributed by atoms with Gasteiger partial charge in [0.15, 0.2) is 0 Å². The minimum Gasteiger partial charge on any atom is -0.353 e. The molecule has 24 heavy (non-hydrogen) atoms. The molecule has 2 aliphatic rings. The van der Waals surface area contributed by atoms with Gasteiger partial charge in [-0.25, -0.2) is 4.39 Å². The Hall–Kier alpha value is -1.91. The summed E-state index contributed by atoms with van der Waals surface area (Å²) in [5.41, 5.74) is 1.98. The topological polar surface area (TPSA) is 58.2 Å². The first-order chi connectivity index (χ1) is 11.4. The van der Waals surface area contributed by atoms with Gasteiger partial charge in [0.1, 0.15) is 5.82 Å². The lowest BCUT2D eigenvalue weighted by Crippen LogP contribution is -2.47. The highest BCUT2D eigenvalue weighted by atomic mass is 19.1. The van der Waals surface area contributed by atoms with Crippen LogP contribution >= 0.6 is 0 Å². The highest BCUT2D eigenvalue weighted by Crippen LogP contribution is 2.32. The van der Waals surface area contributed by atoms with E-state index in [2.05, 4.69) is 24.5 Å². The molecule has 2 N–H and O–H groups in total. The van der Waals surface area contributed by atoms with Gasteiger partial charge in [-0.3, -0.25) is 9.59 Å². The fraction of sp³-hybridized carbons (Fsp3) is 0.579. The highest BCUT2D eigenvalue weighted by molar-refractivity contribution is 5.87. The molecule has 0 saturated carbocycles. The average molecular weight is 332 g/mol. The second-order valence-corrected chi connectivity index (χ2v) is 7.47. The summed E-state index contributed by atoms with van der Waals surface area (Å²) in [6.45, 7) is 4.23. The van der Waals surface area contributed by atoms with Crippen molar-refractivity contribution in [3.05, 3.63) is 35.1 Å². The first kappa shape index (κ1) is 16.9. The molecule has 4 nitrogen and oxygen atoms in total. The van der Waals surface area contributed by atoms with Crippen LogP contribution in [0, 0.1) is 17.7 Å². The maximum Gasteiger partial charge on any atom is 0.224 e.